The van der Waals surface area contributed by atoms with Gasteiger partial charge in [0, 0.05) is 41.7 Å². The first kappa shape index (κ1) is 27.4. The van der Waals surface area contributed by atoms with E-state index in [2.05, 4.69) is 0 Å². The zero-order valence-electron chi connectivity index (χ0n) is 21.3. The Morgan fingerprint density at radius 1 is 1.03 bits per heavy atom. The molecule has 38 heavy (non-hydrogen) atoms. The molecule has 0 aliphatic heterocycles. The standard InChI is InChI=1S/C30H29ClFNO5/c1-3-14-33(4-2)30(35)28(19-36-18-20-8-6-5-7-9-20)37-22-11-13-24-25(17-29(34)38-27(24)16-22)23-12-10-21(32)15-26(23)31/h5-13,15-17,28H,3-4,14,18-19H2,1-2H3. The van der Waals surface area contributed by atoms with E-state index in [-0.39, 0.29) is 23.1 Å². The third kappa shape index (κ3) is 6.60. The van der Waals surface area contributed by atoms with Crippen LogP contribution in [0.1, 0.15) is 25.8 Å². The minimum absolute atomic E-state index is 0.0428. The number of nitrogens with zero attached hydrogens (tertiary/aromatic N) is 1. The maximum absolute atomic E-state index is 13.6. The van der Waals surface area contributed by atoms with Crippen molar-refractivity contribution in [2.24, 2.45) is 0 Å². The van der Waals surface area contributed by atoms with Gasteiger partial charge in [0.2, 0.25) is 0 Å². The van der Waals surface area contributed by atoms with Crippen LogP contribution in [0, 0.1) is 5.82 Å². The Morgan fingerprint density at radius 2 is 1.82 bits per heavy atom. The van der Waals surface area contributed by atoms with Gasteiger partial charge in [-0.05, 0) is 49.2 Å². The van der Waals surface area contributed by atoms with Gasteiger partial charge in [-0.3, -0.25) is 4.79 Å². The number of carbonyl (C=O) groups is 1. The van der Waals surface area contributed by atoms with Crippen molar-refractivity contribution in [1.29, 1.82) is 0 Å². The van der Waals surface area contributed by atoms with E-state index in [0.29, 0.717) is 42.0 Å². The molecule has 0 spiro atoms. The van der Waals surface area contributed by atoms with Crippen LogP contribution in [0.3, 0.4) is 0 Å². The second-order valence-electron chi connectivity index (χ2n) is 8.79. The van der Waals surface area contributed by atoms with Gasteiger partial charge in [0.1, 0.15) is 17.1 Å². The number of halogens is 2. The molecular weight excluding hydrogens is 509 g/mol. The molecule has 1 unspecified atom stereocenters. The Bertz CT molecular complexity index is 1460. The first-order valence-electron chi connectivity index (χ1n) is 12.5. The van der Waals surface area contributed by atoms with Crippen molar-refractivity contribution < 1.29 is 23.1 Å². The number of rotatable bonds is 11. The zero-order chi connectivity index (χ0) is 27.1. The van der Waals surface area contributed by atoms with E-state index < -0.39 is 17.5 Å². The largest absolute Gasteiger partial charge is 0.478 e. The maximum Gasteiger partial charge on any atom is 0.336 e. The van der Waals surface area contributed by atoms with Gasteiger partial charge in [0.05, 0.1) is 18.2 Å². The van der Waals surface area contributed by atoms with Gasteiger partial charge in [0.15, 0.2) is 6.10 Å². The molecule has 0 radical (unpaired) electrons. The second kappa shape index (κ2) is 12.7. The van der Waals surface area contributed by atoms with Gasteiger partial charge in [-0.1, -0.05) is 48.9 Å². The topological polar surface area (TPSA) is 69.0 Å². The molecule has 1 heterocycles. The van der Waals surface area contributed by atoms with Crippen LogP contribution in [0.2, 0.25) is 5.02 Å². The SMILES string of the molecule is CCCN(CC)C(=O)C(COCc1ccccc1)Oc1ccc2c(-c3ccc(F)cc3Cl)cc(=O)oc2c1. The molecule has 4 rings (SSSR count). The molecule has 1 aromatic heterocycles. The van der Waals surface area contributed by atoms with Gasteiger partial charge in [-0.2, -0.15) is 0 Å². The summed E-state index contributed by atoms with van der Waals surface area (Å²) in [4.78, 5) is 27.4. The quantitative estimate of drug-likeness (QED) is 0.205. The van der Waals surface area contributed by atoms with E-state index in [1.54, 1.807) is 23.1 Å². The normalized spacial score (nSPS) is 11.9. The highest BCUT2D eigenvalue weighted by atomic mass is 35.5. The van der Waals surface area contributed by atoms with Crippen molar-refractivity contribution in [3.63, 3.8) is 0 Å². The molecule has 0 saturated heterocycles. The molecule has 0 bridgehead atoms. The van der Waals surface area contributed by atoms with Crippen LogP contribution in [0.15, 0.2) is 82.0 Å². The molecule has 6 nitrogen and oxygen atoms in total. The average molecular weight is 538 g/mol. The van der Waals surface area contributed by atoms with Gasteiger partial charge in [-0.15, -0.1) is 0 Å². The van der Waals surface area contributed by atoms with Crippen LogP contribution in [0.5, 0.6) is 5.75 Å². The zero-order valence-corrected chi connectivity index (χ0v) is 22.0. The van der Waals surface area contributed by atoms with Crippen molar-refractivity contribution >= 4 is 28.5 Å². The molecule has 8 heteroatoms. The lowest BCUT2D eigenvalue weighted by molar-refractivity contribution is -0.141. The summed E-state index contributed by atoms with van der Waals surface area (Å²) in [6, 6.07) is 19.9. The minimum Gasteiger partial charge on any atom is -0.478 e. The maximum atomic E-state index is 13.6. The number of benzene rings is 3. The van der Waals surface area contributed by atoms with Crippen LogP contribution < -0.4 is 10.4 Å². The van der Waals surface area contributed by atoms with E-state index in [0.717, 1.165) is 12.0 Å². The summed E-state index contributed by atoms with van der Waals surface area (Å²) in [6.45, 7) is 5.45. The van der Waals surface area contributed by atoms with E-state index in [9.17, 15) is 14.0 Å². The summed E-state index contributed by atoms with van der Waals surface area (Å²) >= 11 is 6.26. The lowest BCUT2D eigenvalue weighted by Crippen LogP contribution is -2.44. The monoisotopic (exact) mass is 537 g/mol. The predicted molar refractivity (Wildman–Crippen MR) is 146 cm³/mol. The number of likely N-dealkylation sites (N-methyl/N-ethyl adjacent to an activating group) is 1. The molecule has 0 aliphatic carbocycles. The van der Waals surface area contributed by atoms with Gasteiger partial charge >= 0.3 is 5.63 Å². The highest BCUT2D eigenvalue weighted by molar-refractivity contribution is 6.33. The number of hydrogen-bond acceptors (Lipinski definition) is 5. The smallest absolute Gasteiger partial charge is 0.336 e. The third-order valence-electron chi connectivity index (χ3n) is 6.06. The Labute approximate surface area is 225 Å². The summed E-state index contributed by atoms with van der Waals surface area (Å²) < 4.78 is 31.0. The second-order valence-corrected chi connectivity index (χ2v) is 9.19. The molecule has 1 amide bonds. The highest BCUT2D eigenvalue weighted by Crippen LogP contribution is 2.34. The fraction of sp³-hybridized carbons (Fsp3) is 0.267. The van der Waals surface area contributed by atoms with Gasteiger partial charge < -0.3 is 18.8 Å². The van der Waals surface area contributed by atoms with E-state index in [1.165, 1.54) is 24.3 Å². The molecule has 3 aromatic carbocycles. The molecular formula is C30H29ClFNO5. The van der Waals surface area contributed by atoms with Crippen LogP contribution in [0.4, 0.5) is 4.39 Å². The minimum atomic E-state index is -0.899. The Morgan fingerprint density at radius 3 is 2.53 bits per heavy atom. The van der Waals surface area contributed by atoms with Gasteiger partial charge in [0.25, 0.3) is 5.91 Å². The van der Waals surface area contributed by atoms with Crippen molar-refractivity contribution in [3.8, 4) is 16.9 Å². The average Bonchev–Trinajstić information content (AvgIpc) is 2.91. The van der Waals surface area contributed by atoms with Crippen LogP contribution in [0.25, 0.3) is 22.1 Å². The lowest BCUT2D eigenvalue weighted by Gasteiger charge is -2.26. The first-order valence-corrected chi connectivity index (χ1v) is 12.9. The van der Waals surface area contributed by atoms with E-state index in [4.69, 9.17) is 25.5 Å². The highest BCUT2D eigenvalue weighted by Gasteiger charge is 2.26. The fourth-order valence-electron chi connectivity index (χ4n) is 4.22. The third-order valence-corrected chi connectivity index (χ3v) is 6.37. The Balaban J connectivity index is 1.63. The molecule has 198 valence electrons. The van der Waals surface area contributed by atoms with Crippen molar-refractivity contribution in [3.05, 3.63) is 99.6 Å². The van der Waals surface area contributed by atoms with Crippen LogP contribution >= 0.6 is 11.6 Å². The summed E-state index contributed by atoms with van der Waals surface area (Å²) in [6.07, 6.45) is -0.0864. The summed E-state index contributed by atoms with van der Waals surface area (Å²) in [5, 5.41) is 0.767. The molecule has 0 fully saturated rings. The van der Waals surface area contributed by atoms with E-state index >= 15 is 0 Å². The molecule has 0 N–H and O–H groups in total. The molecule has 0 saturated carbocycles. The number of carbonyl (C=O) groups excluding carboxylic acids is 1. The van der Waals surface area contributed by atoms with Crippen molar-refractivity contribution in [2.75, 3.05) is 19.7 Å². The fourth-order valence-corrected chi connectivity index (χ4v) is 4.49. The van der Waals surface area contributed by atoms with Gasteiger partial charge in [-0.25, -0.2) is 9.18 Å². The number of hydrogen-bond donors (Lipinski definition) is 0. The summed E-state index contributed by atoms with van der Waals surface area (Å²) in [5.74, 6) is -0.316. The van der Waals surface area contributed by atoms with Crippen molar-refractivity contribution in [1.82, 2.24) is 4.90 Å². The molecule has 0 aliphatic rings. The number of amides is 1. The number of ether oxygens (including phenoxy) is 2. The number of fused-ring (bicyclic) bond motifs is 1. The first-order chi connectivity index (χ1) is 18.4. The Kier molecular flexibility index (Phi) is 9.15. The van der Waals surface area contributed by atoms with Crippen LogP contribution in [-0.4, -0.2) is 36.6 Å². The molecule has 1 atom stereocenters. The summed E-state index contributed by atoms with van der Waals surface area (Å²) in [5.41, 5.74) is 1.65. The lowest BCUT2D eigenvalue weighted by atomic mass is 10.0. The summed E-state index contributed by atoms with van der Waals surface area (Å²) in [7, 11) is 0. The Hall–Kier alpha value is -3.68. The van der Waals surface area contributed by atoms with Crippen LogP contribution in [-0.2, 0) is 16.1 Å². The predicted octanol–water partition coefficient (Wildman–Crippen LogP) is 6.48. The molecule has 4 aromatic rings. The van der Waals surface area contributed by atoms with E-state index in [1.807, 2.05) is 44.2 Å². The van der Waals surface area contributed by atoms with Crippen molar-refractivity contribution in [2.45, 2.75) is 33.0 Å².